The topological polar surface area (TPSA) is 35.9 Å². The number of halogens is 2. The molecule has 1 N–H and O–H groups in total. The summed E-state index contributed by atoms with van der Waals surface area (Å²) >= 11 is 0. The number of β-amino-alcohol motifs (C(OH)–C–C–N with tert-alkyl or cyclic N) is 1. The van der Waals surface area contributed by atoms with Crippen LogP contribution in [0.15, 0.2) is 48.5 Å². The van der Waals surface area contributed by atoms with E-state index in [0.29, 0.717) is 13.2 Å². The maximum absolute atomic E-state index is 10.3. The normalized spacial score (nSPS) is 16.0. The van der Waals surface area contributed by atoms with Gasteiger partial charge in [-0.05, 0) is 42.7 Å². The second kappa shape index (κ2) is 12.3. The third-order valence-electron chi connectivity index (χ3n) is 4.82. The third-order valence-corrected chi connectivity index (χ3v) is 4.82. The minimum atomic E-state index is -0.462. The van der Waals surface area contributed by atoms with E-state index in [2.05, 4.69) is 60.0 Å². The summed E-state index contributed by atoms with van der Waals surface area (Å²) in [4.78, 5) is 4.81. The van der Waals surface area contributed by atoms with Crippen molar-refractivity contribution >= 4 is 24.8 Å². The van der Waals surface area contributed by atoms with Crippen molar-refractivity contribution in [3.05, 3.63) is 65.2 Å². The van der Waals surface area contributed by atoms with Crippen molar-refractivity contribution in [3.63, 3.8) is 0 Å². The molecular weight excluding hydrogens is 395 g/mol. The van der Waals surface area contributed by atoms with Gasteiger partial charge in [-0.1, -0.05) is 36.4 Å². The molecule has 2 aromatic rings. The van der Waals surface area contributed by atoms with Crippen LogP contribution in [0.4, 0.5) is 0 Å². The fourth-order valence-corrected chi connectivity index (χ4v) is 3.53. The predicted octanol–water partition coefficient (Wildman–Crippen LogP) is 3.70. The minimum Gasteiger partial charge on any atom is -0.491 e. The molecule has 0 amide bonds. The van der Waals surface area contributed by atoms with Crippen LogP contribution in [0.2, 0.25) is 0 Å². The Balaban J connectivity index is 0.00000196. The average Bonchev–Trinajstić information content (AvgIpc) is 2.62. The number of aliphatic hydroxyl groups is 1. The molecule has 1 unspecified atom stereocenters. The molecule has 156 valence electrons. The van der Waals surface area contributed by atoms with E-state index in [9.17, 15) is 5.11 Å². The number of aliphatic hydroxyl groups excluding tert-OH is 1. The summed E-state index contributed by atoms with van der Waals surface area (Å²) in [5.74, 6) is 0.842. The standard InChI is InChI=1S/C22H30N2O2.2ClH/c1-18-12-19(2)14-22(13-18)26-17-21(25)16-24-10-8-23(9-11-24)15-20-6-4-3-5-7-20;;/h3-7,12-14,21,25H,8-11,15-17H2,1-2H3;2*1H. The van der Waals surface area contributed by atoms with Crippen molar-refractivity contribution in [2.45, 2.75) is 26.5 Å². The van der Waals surface area contributed by atoms with Gasteiger partial charge in [-0.25, -0.2) is 0 Å². The maximum Gasteiger partial charge on any atom is 0.119 e. The number of aryl methyl sites for hydroxylation is 2. The highest BCUT2D eigenvalue weighted by Gasteiger charge is 2.19. The summed E-state index contributed by atoms with van der Waals surface area (Å²) in [5, 5.41) is 10.3. The fraction of sp³-hybridized carbons (Fsp3) is 0.455. The first-order chi connectivity index (χ1) is 12.6. The van der Waals surface area contributed by atoms with E-state index in [0.717, 1.165) is 38.5 Å². The largest absolute Gasteiger partial charge is 0.491 e. The Hall–Kier alpha value is -1.30. The van der Waals surface area contributed by atoms with Gasteiger partial charge in [0.15, 0.2) is 0 Å². The monoisotopic (exact) mass is 426 g/mol. The van der Waals surface area contributed by atoms with E-state index in [1.165, 1.54) is 16.7 Å². The zero-order valence-corrected chi connectivity index (χ0v) is 18.3. The van der Waals surface area contributed by atoms with Gasteiger partial charge in [0.2, 0.25) is 0 Å². The SMILES string of the molecule is Cc1cc(C)cc(OCC(O)CN2CCN(Cc3ccccc3)CC2)c1.Cl.Cl. The lowest BCUT2D eigenvalue weighted by Crippen LogP contribution is -2.48. The van der Waals surface area contributed by atoms with Crippen LogP contribution in [0.5, 0.6) is 5.75 Å². The lowest BCUT2D eigenvalue weighted by Gasteiger charge is -2.35. The molecule has 0 aromatic heterocycles. The molecule has 2 aromatic carbocycles. The van der Waals surface area contributed by atoms with Crippen LogP contribution in [-0.2, 0) is 6.54 Å². The van der Waals surface area contributed by atoms with Gasteiger partial charge < -0.3 is 9.84 Å². The van der Waals surface area contributed by atoms with Crippen molar-refractivity contribution in [2.75, 3.05) is 39.3 Å². The summed E-state index contributed by atoms with van der Waals surface area (Å²) in [6.45, 7) is 10.2. The first kappa shape index (κ1) is 24.7. The van der Waals surface area contributed by atoms with E-state index >= 15 is 0 Å². The molecular formula is C22H32Cl2N2O2. The van der Waals surface area contributed by atoms with Gasteiger partial charge in [0, 0.05) is 39.3 Å². The molecule has 0 spiro atoms. The lowest BCUT2D eigenvalue weighted by molar-refractivity contribution is 0.0446. The Morgan fingerprint density at radius 3 is 2.07 bits per heavy atom. The number of ether oxygens (including phenoxy) is 1. The summed E-state index contributed by atoms with van der Waals surface area (Å²) in [6, 6.07) is 16.8. The molecule has 1 atom stereocenters. The van der Waals surface area contributed by atoms with Crippen LogP contribution in [0.1, 0.15) is 16.7 Å². The molecule has 0 bridgehead atoms. The molecule has 4 nitrogen and oxygen atoms in total. The van der Waals surface area contributed by atoms with Gasteiger partial charge in [0.05, 0.1) is 0 Å². The number of benzene rings is 2. The van der Waals surface area contributed by atoms with Crippen LogP contribution in [0, 0.1) is 13.8 Å². The van der Waals surface area contributed by atoms with Crippen LogP contribution < -0.4 is 4.74 Å². The van der Waals surface area contributed by atoms with Crippen LogP contribution in [0.3, 0.4) is 0 Å². The zero-order chi connectivity index (χ0) is 18.4. The van der Waals surface area contributed by atoms with Crippen molar-refractivity contribution in [1.82, 2.24) is 9.80 Å². The van der Waals surface area contributed by atoms with Crippen molar-refractivity contribution in [1.29, 1.82) is 0 Å². The Labute approximate surface area is 181 Å². The molecule has 1 aliphatic heterocycles. The van der Waals surface area contributed by atoms with E-state index in [-0.39, 0.29) is 24.8 Å². The molecule has 1 heterocycles. The van der Waals surface area contributed by atoms with Gasteiger partial charge in [-0.3, -0.25) is 9.80 Å². The van der Waals surface area contributed by atoms with Gasteiger partial charge in [-0.2, -0.15) is 0 Å². The van der Waals surface area contributed by atoms with Crippen LogP contribution in [0.25, 0.3) is 0 Å². The first-order valence-corrected chi connectivity index (χ1v) is 9.46. The van der Waals surface area contributed by atoms with E-state index in [1.807, 2.05) is 12.1 Å². The Morgan fingerprint density at radius 2 is 1.46 bits per heavy atom. The first-order valence-electron chi connectivity index (χ1n) is 9.46. The molecule has 3 rings (SSSR count). The summed E-state index contributed by atoms with van der Waals surface area (Å²) in [7, 11) is 0. The molecule has 28 heavy (non-hydrogen) atoms. The lowest BCUT2D eigenvalue weighted by atomic mass is 10.1. The molecule has 1 fully saturated rings. The number of rotatable bonds is 7. The van der Waals surface area contributed by atoms with Crippen LogP contribution >= 0.6 is 24.8 Å². The van der Waals surface area contributed by atoms with Gasteiger partial charge in [0.25, 0.3) is 0 Å². The highest BCUT2D eigenvalue weighted by Crippen LogP contribution is 2.16. The Bertz CT molecular complexity index is 672. The van der Waals surface area contributed by atoms with Gasteiger partial charge in [-0.15, -0.1) is 24.8 Å². The second-order valence-electron chi connectivity index (χ2n) is 7.35. The zero-order valence-electron chi connectivity index (χ0n) is 16.7. The molecule has 1 aliphatic rings. The number of nitrogens with zero attached hydrogens (tertiary/aromatic N) is 2. The quantitative estimate of drug-likeness (QED) is 0.731. The highest BCUT2D eigenvalue weighted by atomic mass is 35.5. The smallest absolute Gasteiger partial charge is 0.119 e. The molecule has 0 radical (unpaired) electrons. The highest BCUT2D eigenvalue weighted by molar-refractivity contribution is 5.85. The van der Waals surface area contributed by atoms with Crippen molar-refractivity contribution in [3.8, 4) is 5.75 Å². The Morgan fingerprint density at radius 1 is 0.893 bits per heavy atom. The second-order valence-corrected chi connectivity index (χ2v) is 7.35. The van der Waals surface area contributed by atoms with E-state index in [4.69, 9.17) is 4.74 Å². The van der Waals surface area contributed by atoms with Crippen molar-refractivity contribution in [2.24, 2.45) is 0 Å². The van der Waals surface area contributed by atoms with Gasteiger partial charge in [0.1, 0.15) is 18.5 Å². The summed E-state index contributed by atoms with van der Waals surface area (Å²) < 4.78 is 5.78. The molecule has 6 heteroatoms. The van der Waals surface area contributed by atoms with E-state index in [1.54, 1.807) is 0 Å². The number of hydrogen-bond acceptors (Lipinski definition) is 4. The minimum absolute atomic E-state index is 0. The Kier molecular flexibility index (Phi) is 10.9. The van der Waals surface area contributed by atoms with Gasteiger partial charge >= 0.3 is 0 Å². The average molecular weight is 427 g/mol. The maximum atomic E-state index is 10.3. The van der Waals surface area contributed by atoms with Crippen molar-refractivity contribution < 1.29 is 9.84 Å². The molecule has 0 saturated carbocycles. The summed E-state index contributed by atoms with van der Waals surface area (Å²) in [6.07, 6.45) is -0.462. The fourth-order valence-electron chi connectivity index (χ4n) is 3.53. The summed E-state index contributed by atoms with van der Waals surface area (Å²) in [5.41, 5.74) is 3.73. The molecule has 0 aliphatic carbocycles. The van der Waals surface area contributed by atoms with Crippen LogP contribution in [-0.4, -0.2) is 60.3 Å². The predicted molar refractivity (Wildman–Crippen MR) is 120 cm³/mol. The molecule has 1 saturated heterocycles. The van der Waals surface area contributed by atoms with E-state index < -0.39 is 6.10 Å². The number of hydrogen-bond donors (Lipinski definition) is 1. The number of piperazine rings is 1. The third kappa shape index (κ3) is 7.98.